The van der Waals surface area contributed by atoms with Crippen molar-refractivity contribution in [3.05, 3.63) is 35.4 Å². The first-order valence-electron chi connectivity index (χ1n) is 8.25. The molecule has 122 valence electrons. The fourth-order valence-corrected chi connectivity index (χ4v) is 3.74. The van der Waals surface area contributed by atoms with Gasteiger partial charge in [-0.15, -0.1) is 0 Å². The molecule has 3 rings (SSSR count). The molecular weight excluding hydrogens is 288 g/mol. The monoisotopic (exact) mass is 312 g/mol. The number of benzene rings is 1. The van der Waals surface area contributed by atoms with Gasteiger partial charge in [0.25, 0.3) is 0 Å². The molecule has 1 aromatic carbocycles. The second-order valence-corrected chi connectivity index (χ2v) is 6.64. The van der Waals surface area contributed by atoms with Gasteiger partial charge in [0, 0.05) is 6.42 Å². The summed E-state index contributed by atoms with van der Waals surface area (Å²) in [6.45, 7) is 1.98. The number of ketones is 1. The Hall–Kier alpha value is -2.10. The van der Waals surface area contributed by atoms with Gasteiger partial charge in [-0.25, -0.2) is 0 Å². The van der Waals surface area contributed by atoms with Gasteiger partial charge in [0.15, 0.2) is 0 Å². The summed E-state index contributed by atoms with van der Waals surface area (Å²) in [7, 11) is 1.70. The molecule has 0 bridgehead atoms. The molecule has 1 saturated carbocycles. The molecular formula is C19H24N2O2. The van der Waals surface area contributed by atoms with E-state index in [4.69, 9.17) is 10.6 Å². The Balaban J connectivity index is 1.89. The summed E-state index contributed by atoms with van der Waals surface area (Å²) >= 11 is 0. The molecule has 2 N–H and O–H groups in total. The number of aryl methyl sites for hydroxylation is 1. The maximum Gasteiger partial charge on any atom is 0.145 e. The molecule has 1 atom stereocenters. The van der Waals surface area contributed by atoms with Crippen molar-refractivity contribution in [3.63, 3.8) is 0 Å². The van der Waals surface area contributed by atoms with Crippen molar-refractivity contribution in [3.8, 4) is 5.75 Å². The second-order valence-electron chi connectivity index (χ2n) is 6.64. The van der Waals surface area contributed by atoms with Gasteiger partial charge >= 0.3 is 0 Å². The van der Waals surface area contributed by atoms with Crippen molar-refractivity contribution in [2.45, 2.75) is 45.4 Å². The number of carbonyl (C=O) groups is 1. The quantitative estimate of drug-likeness (QED) is 0.686. The van der Waals surface area contributed by atoms with Crippen LogP contribution in [0.25, 0.3) is 5.57 Å². The SMILES string of the molecule is COc1ccc2c(c1)CCC/C2=C\CC1(C)C(=O)CC/C1=N\N. The lowest BCUT2D eigenvalue weighted by atomic mass is 9.80. The molecule has 0 aliphatic heterocycles. The van der Waals surface area contributed by atoms with E-state index in [-0.39, 0.29) is 5.78 Å². The van der Waals surface area contributed by atoms with Crippen LogP contribution in [0.4, 0.5) is 0 Å². The number of ether oxygens (including phenoxy) is 1. The smallest absolute Gasteiger partial charge is 0.145 e. The molecule has 4 heteroatoms. The average Bonchev–Trinajstić information content (AvgIpc) is 2.87. The van der Waals surface area contributed by atoms with E-state index in [1.165, 1.54) is 16.7 Å². The van der Waals surface area contributed by atoms with Gasteiger partial charge in [-0.1, -0.05) is 12.1 Å². The second kappa shape index (κ2) is 6.19. The van der Waals surface area contributed by atoms with Gasteiger partial charge in [-0.3, -0.25) is 4.79 Å². The Morgan fingerprint density at radius 3 is 2.87 bits per heavy atom. The third-order valence-corrected chi connectivity index (χ3v) is 5.30. The number of nitrogens with zero attached hydrogens (tertiary/aromatic N) is 1. The minimum Gasteiger partial charge on any atom is -0.497 e. The highest BCUT2D eigenvalue weighted by Gasteiger charge is 2.42. The van der Waals surface area contributed by atoms with Crippen molar-refractivity contribution in [2.24, 2.45) is 16.4 Å². The van der Waals surface area contributed by atoms with Crippen LogP contribution in [0.1, 0.15) is 50.2 Å². The molecule has 0 radical (unpaired) electrons. The number of rotatable bonds is 3. The number of nitrogens with two attached hydrogens (primary N) is 1. The van der Waals surface area contributed by atoms with Crippen LogP contribution in [0.3, 0.4) is 0 Å². The summed E-state index contributed by atoms with van der Waals surface area (Å²) in [5.41, 5.74) is 4.26. The van der Waals surface area contributed by atoms with Gasteiger partial charge in [0.2, 0.25) is 0 Å². The molecule has 23 heavy (non-hydrogen) atoms. The Kier molecular flexibility index (Phi) is 4.24. The number of carbonyl (C=O) groups excluding carboxylic acids is 1. The molecule has 2 aliphatic carbocycles. The van der Waals surface area contributed by atoms with Gasteiger partial charge in [-0.2, -0.15) is 5.10 Å². The highest BCUT2D eigenvalue weighted by atomic mass is 16.5. The number of allylic oxidation sites excluding steroid dienone is 2. The Labute approximate surface area is 137 Å². The van der Waals surface area contributed by atoms with Crippen molar-refractivity contribution in [1.82, 2.24) is 0 Å². The van der Waals surface area contributed by atoms with Crippen molar-refractivity contribution < 1.29 is 9.53 Å². The Morgan fingerprint density at radius 1 is 1.30 bits per heavy atom. The zero-order chi connectivity index (χ0) is 16.4. The molecule has 1 unspecified atom stereocenters. The van der Waals surface area contributed by atoms with Crippen molar-refractivity contribution in [1.29, 1.82) is 0 Å². The van der Waals surface area contributed by atoms with Crippen molar-refractivity contribution in [2.75, 3.05) is 7.11 Å². The normalized spacial score (nSPS) is 27.5. The Morgan fingerprint density at radius 2 is 2.13 bits per heavy atom. The van der Waals surface area contributed by atoms with E-state index in [1.807, 2.05) is 13.0 Å². The van der Waals surface area contributed by atoms with Crippen molar-refractivity contribution >= 4 is 17.1 Å². The minimum atomic E-state index is -0.522. The molecule has 2 aliphatic rings. The number of Topliss-reactive ketones (excluding diaryl/α,β-unsaturated/α-hetero) is 1. The Bertz CT molecular complexity index is 691. The van der Waals surface area contributed by atoms with Gasteiger partial charge in [0.05, 0.1) is 18.2 Å². The largest absolute Gasteiger partial charge is 0.497 e. The lowest BCUT2D eigenvalue weighted by Gasteiger charge is -2.24. The van der Waals surface area contributed by atoms with E-state index in [1.54, 1.807) is 7.11 Å². The van der Waals surface area contributed by atoms with Crippen LogP contribution < -0.4 is 10.6 Å². The summed E-state index contributed by atoms with van der Waals surface area (Å²) in [4.78, 5) is 12.3. The van der Waals surface area contributed by atoms with Gasteiger partial charge in [0.1, 0.15) is 11.5 Å². The standard InChI is InChI=1S/C19H24N2O2/c1-19(17(21-20)8-9-18(19)22)11-10-13-4-3-5-14-12-15(23-2)6-7-16(13)14/h6-7,10,12H,3-5,8-9,11,20H2,1-2H3/b13-10+,21-17+. The molecule has 0 amide bonds. The lowest BCUT2D eigenvalue weighted by Crippen LogP contribution is -2.29. The summed E-state index contributed by atoms with van der Waals surface area (Å²) in [5, 5.41) is 3.87. The summed E-state index contributed by atoms with van der Waals surface area (Å²) < 4.78 is 5.32. The summed E-state index contributed by atoms with van der Waals surface area (Å²) in [6.07, 6.45) is 7.43. The van der Waals surface area contributed by atoms with Crippen LogP contribution in [0.2, 0.25) is 0 Å². The molecule has 0 heterocycles. The number of fused-ring (bicyclic) bond motifs is 1. The number of hydrazone groups is 1. The van der Waals surface area contributed by atoms with Crippen LogP contribution in [0.5, 0.6) is 5.75 Å². The third-order valence-electron chi connectivity index (χ3n) is 5.30. The first-order chi connectivity index (χ1) is 11.1. The summed E-state index contributed by atoms with van der Waals surface area (Å²) in [5.74, 6) is 6.65. The van der Waals surface area contributed by atoms with Gasteiger partial charge < -0.3 is 10.6 Å². The molecule has 0 aromatic heterocycles. The van der Waals surface area contributed by atoms with Gasteiger partial charge in [-0.05, 0) is 67.9 Å². The van der Waals surface area contributed by atoms with E-state index < -0.39 is 5.41 Å². The molecule has 0 spiro atoms. The van der Waals surface area contributed by atoms with Crippen LogP contribution in [-0.4, -0.2) is 18.6 Å². The predicted octanol–water partition coefficient (Wildman–Crippen LogP) is 3.49. The first-order valence-corrected chi connectivity index (χ1v) is 8.25. The molecule has 1 aromatic rings. The number of methoxy groups -OCH3 is 1. The highest BCUT2D eigenvalue weighted by molar-refractivity contribution is 6.15. The van der Waals surface area contributed by atoms with Crippen LogP contribution in [0, 0.1) is 5.41 Å². The molecule has 4 nitrogen and oxygen atoms in total. The van der Waals surface area contributed by atoms with Crippen LogP contribution >= 0.6 is 0 Å². The molecule has 1 fully saturated rings. The van der Waals surface area contributed by atoms with E-state index >= 15 is 0 Å². The third kappa shape index (κ3) is 2.78. The highest BCUT2D eigenvalue weighted by Crippen LogP contribution is 2.39. The van der Waals surface area contributed by atoms with E-state index in [0.717, 1.165) is 30.7 Å². The maximum absolute atomic E-state index is 12.3. The fraction of sp³-hybridized carbons (Fsp3) is 0.474. The fourth-order valence-electron chi connectivity index (χ4n) is 3.74. The minimum absolute atomic E-state index is 0.254. The average molecular weight is 312 g/mol. The van der Waals surface area contributed by atoms with Crippen LogP contribution in [0.15, 0.2) is 29.4 Å². The van der Waals surface area contributed by atoms with E-state index in [0.29, 0.717) is 19.3 Å². The van der Waals surface area contributed by atoms with Crippen LogP contribution in [-0.2, 0) is 11.2 Å². The number of hydrogen-bond acceptors (Lipinski definition) is 4. The zero-order valence-electron chi connectivity index (χ0n) is 13.9. The topological polar surface area (TPSA) is 64.7 Å². The maximum atomic E-state index is 12.3. The summed E-state index contributed by atoms with van der Waals surface area (Å²) in [6, 6.07) is 6.26. The van der Waals surface area contributed by atoms with E-state index in [9.17, 15) is 4.79 Å². The zero-order valence-corrected chi connectivity index (χ0v) is 13.9. The lowest BCUT2D eigenvalue weighted by molar-refractivity contribution is -0.123. The molecule has 0 saturated heterocycles. The predicted molar refractivity (Wildman–Crippen MR) is 92.5 cm³/mol. The number of hydrogen-bond donors (Lipinski definition) is 1. The van der Waals surface area contributed by atoms with E-state index in [2.05, 4.69) is 23.3 Å². The first kappa shape index (κ1) is 15.8.